The molecule has 2 aromatic carbocycles. The third-order valence-corrected chi connectivity index (χ3v) is 4.05. The Bertz CT molecular complexity index is 741. The highest BCUT2D eigenvalue weighted by molar-refractivity contribution is 6.30. The summed E-state index contributed by atoms with van der Waals surface area (Å²) in [7, 11) is 0. The summed E-state index contributed by atoms with van der Waals surface area (Å²) in [6, 6.07) is 14.5. The lowest BCUT2D eigenvalue weighted by Gasteiger charge is -2.20. The number of halogens is 1. The van der Waals surface area contributed by atoms with Crippen molar-refractivity contribution in [3.63, 3.8) is 0 Å². The summed E-state index contributed by atoms with van der Waals surface area (Å²) in [5, 5.41) is 3.33. The van der Waals surface area contributed by atoms with Crippen LogP contribution in [0.3, 0.4) is 0 Å². The van der Waals surface area contributed by atoms with Gasteiger partial charge in [-0.15, -0.1) is 0 Å². The van der Waals surface area contributed by atoms with Crippen molar-refractivity contribution in [2.75, 3.05) is 11.9 Å². The maximum atomic E-state index is 12.4. The summed E-state index contributed by atoms with van der Waals surface area (Å²) >= 11 is 5.90. The summed E-state index contributed by atoms with van der Waals surface area (Å²) in [6.07, 6.45) is 0. The predicted octanol–water partition coefficient (Wildman–Crippen LogP) is 4.57. The van der Waals surface area contributed by atoms with Crippen molar-refractivity contribution in [1.29, 1.82) is 0 Å². The van der Waals surface area contributed by atoms with Crippen molar-refractivity contribution in [3.05, 3.63) is 64.7 Å². The molecule has 1 atom stereocenters. The lowest BCUT2D eigenvalue weighted by atomic mass is 9.88. The van der Waals surface area contributed by atoms with Gasteiger partial charge in [0.2, 0.25) is 0 Å². The zero-order valence-corrected chi connectivity index (χ0v) is 15.3. The molecule has 0 aromatic heterocycles. The number of hydrogen-bond donors (Lipinski definition) is 1. The molecule has 0 fully saturated rings. The van der Waals surface area contributed by atoms with E-state index >= 15 is 0 Å². The van der Waals surface area contributed by atoms with E-state index in [9.17, 15) is 9.59 Å². The van der Waals surface area contributed by atoms with Crippen LogP contribution in [0.2, 0.25) is 5.02 Å². The summed E-state index contributed by atoms with van der Waals surface area (Å²) in [6.45, 7) is 5.50. The van der Waals surface area contributed by atoms with Crippen molar-refractivity contribution in [2.24, 2.45) is 5.92 Å². The van der Waals surface area contributed by atoms with Crippen molar-refractivity contribution in [3.8, 4) is 0 Å². The van der Waals surface area contributed by atoms with E-state index in [0.29, 0.717) is 10.7 Å². The molecule has 2 rings (SSSR count). The third-order valence-electron chi connectivity index (χ3n) is 3.80. The van der Waals surface area contributed by atoms with E-state index in [4.69, 9.17) is 16.3 Å². The van der Waals surface area contributed by atoms with E-state index in [1.54, 1.807) is 30.3 Å². The number of aryl methyl sites for hydroxylation is 1. The normalized spacial score (nSPS) is 11.9. The molecule has 0 heterocycles. The lowest BCUT2D eigenvalue weighted by molar-refractivity contribution is -0.149. The first kappa shape index (κ1) is 19.0. The zero-order chi connectivity index (χ0) is 18.4. The number of nitrogens with one attached hydrogen (secondary N) is 1. The smallest absolute Gasteiger partial charge is 0.314 e. The van der Waals surface area contributed by atoms with Gasteiger partial charge < -0.3 is 10.1 Å². The highest BCUT2D eigenvalue weighted by Gasteiger charge is 2.26. The minimum absolute atomic E-state index is 0.0357. The number of hydrogen-bond acceptors (Lipinski definition) is 3. The first-order valence-corrected chi connectivity index (χ1v) is 8.53. The molecular formula is C20H22ClNO3. The van der Waals surface area contributed by atoms with Gasteiger partial charge in [-0.3, -0.25) is 9.59 Å². The summed E-state index contributed by atoms with van der Waals surface area (Å²) in [5.74, 6) is -1.19. The third kappa shape index (κ3) is 5.61. The highest BCUT2D eigenvalue weighted by Crippen LogP contribution is 2.27. The van der Waals surface area contributed by atoms with Crippen molar-refractivity contribution < 1.29 is 14.3 Å². The standard InChI is InChI=1S/C20H22ClNO3/c1-13(2)19(15-7-9-16(21)10-8-15)20(24)25-12-18(23)22-17-6-4-5-14(3)11-17/h4-11,13,19H,12H2,1-3H3,(H,22,23)/t19-/m1/s1. The van der Waals surface area contributed by atoms with E-state index in [1.807, 2.05) is 39.0 Å². The van der Waals surface area contributed by atoms with Crippen molar-refractivity contribution in [1.82, 2.24) is 0 Å². The predicted molar refractivity (Wildman–Crippen MR) is 99.8 cm³/mol. The maximum Gasteiger partial charge on any atom is 0.314 e. The first-order valence-electron chi connectivity index (χ1n) is 8.15. The van der Waals surface area contributed by atoms with Crippen LogP contribution < -0.4 is 5.32 Å². The minimum atomic E-state index is -0.441. The van der Waals surface area contributed by atoms with Gasteiger partial charge in [0.05, 0.1) is 5.92 Å². The van der Waals surface area contributed by atoms with Crippen LogP contribution in [-0.4, -0.2) is 18.5 Å². The van der Waals surface area contributed by atoms with Crippen LogP contribution in [0, 0.1) is 12.8 Å². The number of carbonyl (C=O) groups is 2. The van der Waals surface area contributed by atoms with Gasteiger partial charge in [-0.25, -0.2) is 0 Å². The van der Waals surface area contributed by atoms with E-state index < -0.39 is 11.9 Å². The van der Waals surface area contributed by atoms with E-state index in [2.05, 4.69) is 5.32 Å². The fourth-order valence-electron chi connectivity index (χ4n) is 2.61. The Hall–Kier alpha value is -2.33. The molecule has 4 nitrogen and oxygen atoms in total. The zero-order valence-electron chi connectivity index (χ0n) is 14.6. The Balaban J connectivity index is 1.96. The molecule has 25 heavy (non-hydrogen) atoms. The molecule has 0 radical (unpaired) electrons. The van der Waals surface area contributed by atoms with Crippen LogP contribution in [0.15, 0.2) is 48.5 Å². The monoisotopic (exact) mass is 359 g/mol. The molecule has 0 saturated heterocycles. The second-order valence-electron chi connectivity index (χ2n) is 6.30. The molecule has 0 spiro atoms. The Morgan fingerprint density at radius 1 is 1.12 bits per heavy atom. The van der Waals surface area contributed by atoms with E-state index in [0.717, 1.165) is 11.1 Å². The van der Waals surface area contributed by atoms with Crippen LogP contribution in [0.5, 0.6) is 0 Å². The van der Waals surface area contributed by atoms with Crippen LogP contribution in [0.1, 0.15) is 30.9 Å². The Morgan fingerprint density at radius 2 is 1.80 bits per heavy atom. The average molecular weight is 360 g/mol. The second kappa shape index (κ2) is 8.67. The van der Waals surface area contributed by atoms with Crippen LogP contribution in [0.4, 0.5) is 5.69 Å². The molecule has 2 aromatic rings. The highest BCUT2D eigenvalue weighted by atomic mass is 35.5. The molecular weight excluding hydrogens is 338 g/mol. The van der Waals surface area contributed by atoms with Gasteiger partial charge in [0.15, 0.2) is 6.61 Å². The number of ether oxygens (including phenoxy) is 1. The van der Waals surface area contributed by atoms with Crippen LogP contribution >= 0.6 is 11.6 Å². The van der Waals surface area contributed by atoms with Crippen LogP contribution in [-0.2, 0) is 14.3 Å². The van der Waals surface area contributed by atoms with Gasteiger partial charge in [0.1, 0.15) is 0 Å². The average Bonchev–Trinajstić information content (AvgIpc) is 2.55. The van der Waals surface area contributed by atoms with Gasteiger partial charge in [0.25, 0.3) is 5.91 Å². The van der Waals surface area contributed by atoms with Crippen molar-refractivity contribution >= 4 is 29.2 Å². The fourth-order valence-corrected chi connectivity index (χ4v) is 2.74. The van der Waals surface area contributed by atoms with Crippen LogP contribution in [0.25, 0.3) is 0 Å². The number of benzene rings is 2. The fraction of sp³-hybridized carbons (Fsp3) is 0.300. The molecule has 0 unspecified atom stereocenters. The van der Waals surface area contributed by atoms with Gasteiger partial charge in [-0.2, -0.15) is 0 Å². The SMILES string of the molecule is Cc1cccc(NC(=O)COC(=O)[C@@H](c2ccc(Cl)cc2)C(C)C)c1. The molecule has 5 heteroatoms. The largest absolute Gasteiger partial charge is 0.455 e. The van der Waals surface area contributed by atoms with Gasteiger partial charge in [-0.05, 0) is 48.2 Å². The molecule has 1 amide bonds. The Labute approximate surface area is 153 Å². The molecule has 0 aliphatic carbocycles. The molecule has 0 aliphatic heterocycles. The number of carbonyl (C=O) groups excluding carboxylic acids is 2. The molecule has 1 N–H and O–H groups in total. The Kier molecular flexibility index (Phi) is 6.59. The van der Waals surface area contributed by atoms with Gasteiger partial charge in [0, 0.05) is 10.7 Å². The lowest BCUT2D eigenvalue weighted by Crippen LogP contribution is -2.26. The van der Waals surface area contributed by atoms with Crippen molar-refractivity contribution in [2.45, 2.75) is 26.7 Å². The van der Waals surface area contributed by atoms with Gasteiger partial charge in [-0.1, -0.05) is 49.7 Å². The number of esters is 1. The minimum Gasteiger partial charge on any atom is -0.455 e. The molecule has 0 saturated carbocycles. The maximum absolute atomic E-state index is 12.4. The van der Waals surface area contributed by atoms with E-state index in [1.165, 1.54) is 0 Å². The van der Waals surface area contributed by atoms with Gasteiger partial charge >= 0.3 is 5.97 Å². The second-order valence-corrected chi connectivity index (χ2v) is 6.74. The summed E-state index contributed by atoms with van der Waals surface area (Å²) in [4.78, 5) is 24.4. The topological polar surface area (TPSA) is 55.4 Å². The first-order chi connectivity index (χ1) is 11.9. The Morgan fingerprint density at radius 3 is 2.40 bits per heavy atom. The summed E-state index contributed by atoms with van der Waals surface area (Å²) in [5.41, 5.74) is 2.54. The molecule has 132 valence electrons. The quantitative estimate of drug-likeness (QED) is 0.768. The number of amides is 1. The molecule has 0 aliphatic rings. The summed E-state index contributed by atoms with van der Waals surface area (Å²) < 4.78 is 5.23. The molecule has 0 bridgehead atoms. The number of rotatable bonds is 6. The number of anilines is 1. The van der Waals surface area contributed by atoms with E-state index in [-0.39, 0.29) is 18.4 Å².